The van der Waals surface area contributed by atoms with Gasteiger partial charge in [-0.2, -0.15) is 0 Å². The third-order valence-electron chi connectivity index (χ3n) is 3.14. The minimum absolute atomic E-state index is 0.0400. The summed E-state index contributed by atoms with van der Waals surface area (Å²) >= 11 is 0. The molecule has 1 rings (SSSR count). The Bertz CT molecular complexity index is 568. The second kappa shape index (κ2) is 7.53. The molecule has 118 valence electrons. The fraction of sp³-hybridized carbons (Fsp3) is 0.500. The highest BCUT2D eigenvalue weighted by molar-refractivity contribution is 7.89. The smallest absolute Gasteiger partial charge is 0.242 e. The third kappa shape index (κ3) is 4.80. The van der Waals surface area contributed by atoms with Crippen LogP contribution in [-0.2, 0) is 14.8 Å². The number of benzene rings is 1. The van der Waals surface area contributed by atoms with Gasteiger partial charge in [0.2, 0.25) is 15.9 Å². The van der Waals surface area contributed by atoms with E-state index in [1.54, 1.807) is 31.3 Å². The first kappa shape index (κ1) is 17.6. The maximum absolute atomic E-state index is 12.0. The van der Waals surface area contributed by atoms with E-state index in [2.05, 4.69) is 10.6 Å². The molecule has 0 bridgehead atoms. The van der Waals surface area contributed by atoms with Crippen molar-refractivity contribution in [2.75, 3.05) is 27.7 Å². The van der Waals surface area contributed by atoms with Gasteiger partial charge in [-0.25, -0.2) is 12.7 Å². The number of sulfonamides is 1. The lowest BCUT2D eigenvalue weighted by molar-refractivity contribution is -0.121. The van der Waals surface area contributed by atoms with Crippen LogP contribution < -0.4 is 10.6 Å². The van der Waals surface area contributed by atoms with Gasteiger partial charge >= 0.3 is 0 Å². The molecule has 21 heavy (non-hydrogen) atoms. The standard InChI is InChI=1S/C14H23N3O3S/c1-11(16-14(18)9-10-15-2)12-5-7-13(8-6-12)21(19,20)17(3)4/h5-8,11,15H,9-10H2,1-4H3,(H,16,18). The summed E-state index contributed by atoms with van der Waals surface area (Å²) in [5.74, 6) is -0.0400. The van der Waals surface area contributed by atoms with Crippen LogP contribution >= 0.6 is 0 Å². The summed E-state index contributed by atoms with van der Waals surface area (Å²) in [6.45, 7) is 2.49. The van der Waals surface area contributed by atoms with Crippen molar-refractivity contribution in [3.8, 4) is 0 Å². The molecule has 1 atom stereocenters. The predicted molar refractivity (Wildman–Crippen MR) is 82.4 cm³/mol. The van der Waals surface area contributed by atoms with E-state index in [4.69, 9.17) is 0 Å². The summed E-state index contributed by atoms with van der Waals surface area (Å²) in [4.78, 5) is 11.9. The maximum atomic E-state index is 12.0. The molecule has 1 amide bonds. The largest absolute Gasteiger partial charge is 0.350 e. The van der Waals surface area contributed by atoms with Crippen LogP contribution in [0.15, 0.2) is 29.2 Å². The molecule has 0 aliphatic carbocycles. The molecule has 1 unspecified atom stereocenters. The average Bonchev–Trinajstić information content (AvgIpc) is 2.45. The number of hydrogen-bond acceptors (Lipinski definition) is 4. The Labute approximate surface area is 126 Å². The number of hydrogen-bond donors (Lipinski definition) is 2. The summed E-state index contributed by atoms with van der Waals surface area (Å²) in [7, 11) is 1.36. The van der Waals surface area contributed by atoms with Gasteiger partial charge < -0.3 is 10.6 Å². The molecule has 0 aromatic heterocycles. The van der Waals surface area contributed by atoms with Crippen molar-refractivity contribution in [2.45, 2.75) is 24.3 Å². The lowest BCUT2D eigenvalue weighted by atomic mass is 10.1. The van der Waals surface area contributed by atoms with Crippen LogP contribution in [0.2, 0.25) is 0 Å². The summed E-state index contributed by atoms with van der Waals surface area (Å²) in [6, 6.07) is 6.39. The molecule has 0 fully saturated rings. The first-order valence-corrected chi connectivity index (χ1v) is 8.19. The number of carbonyl (C=O) groups is 1. The van der Waals surface area contributed by atoms with Crippen LogP contribution in [0.4, 0.5) is 0 Å². The third-order valence-corrected chi connectivity index (χ3v) is 4.97. The van der Waals surface area contributed by atoms with E-state index >= 15 is 0 Å². The number of nitrogens with one attached hydrogen (secondary N) is 2. The van der Waals surface area contributed by atoms with Crippen LogP contribution in [0, 0.1) is 0 Å². The van der Waals surface area contributed by atoms with Crippen molar-refractivity contribution in [1.29, 1.82) is 0 Å². The summed E-state index contributed by atoms with van der Waals surface area (Å²) in [6.07, 6.45) is 0.411. The van der Waals surface area contributed by atoms with Crippen molar-refractivity contribution in [1.82, 2.24) is 14.9 Å². The molecule has 0 aliphatic heterocycles. The number of nitrogens with zero attached hydrogens (tertiary/aromatic N) is 1. The van der Waals surface area contributed by atoms with E-state index in [1.807, 2.05) is 6.92 Å². The minimum Gasteiger partial charge on any atom is -0.350 e. The lowest BCUT2D eigenvalue weighted by Gasteiger charge is -2.16. The number of amides is 1. The van der Waals surface area contributed by atoms with Crippen LogP contribution in [-0.4, -0.2) is 46.3 Å². The van der Waals surface area contributed by atoms with E-state index in [0.717, 1.165) is 5.56 Å². The van der Waals surface area contributed by atoms with Gasteiger partial charge in [-0.1, -0.05) is 12.1 Å². The molecule has 6 nitrogen and oxygen atoms in total. The van der Waals surface area contributed by atoms with E-state index in [0.29, 0.717) is 13.0 Å². The molecule has 7 heteroatoms. The van der Waals surface area contributed by atoms with Gasteiger partial charge in [-0.05, 0) is 31.7 Å². The minimum atomic E-state index is -3.42. The van der Waals surface area contributed by atoms with Gasteiger partial charge in [0.1, 0.15) is 0 Å². The van der Waals surface area contributed by atoms with Crippen LogP contribution in [0.25, 0.3) is 0 Å². The van der Waals surface area contributed by atoms with E-state index < -0.39 is 10.0 Å². The fourth-order valence-corrected chi connectivity index (χ4v) is 2.68. The molecular weight excluding hydrogens is 290 g/mol. The van der Waals surface area contributed by atoms with Crippen molar-refractivity contribution in [3.63, 3.8) is 0 Å². The topological polar surface area (TPSA) is 78.5 Å². The van der Waals surface area contributed by atoms with E-state index in [1.165, 1.54) is 18.4 Å². The van der Waals surface area contributed by atoms with Gasteiger partial charge in [0.15, 0.2) is 0 Å². The van der Waals surface area contributed by atoms with Crippen LogP contribution in [0.5, 0.6) is 0 Å². The zero-order chi connectivity index (χ0) is 16.0. The summed E-state index contributed by atoms with van der Waals surface area (Å²) < 4.78 is 25.1. The van der Waals surface area contributed by atoms with Crippen LogP contribution in [0.3, 0.4) is 0 Å². The van der Waals surface area contributed by atoms with E-state index in [9.17, 15) is 13.2 Å². The normalized spacial score (nSPS) is 13.2. The Kier molecular flexibility index (Phi) is 6.32. The van der Waals surface area contributed by atoms with Crippen molar-refractivity contribution < 1.29 is 13.2 Å². The zero-order valence-electron chi connectivity index (χ0n) is 12.9. The van der Waals surface area contributed by atoms with Crippen molar-refractivity contribution >= 4 is 15.9 Å². The highest BCUT2D eigenvalue weighted by Crippen LogP contribution is 2.18. The summed E-state index contributed by atoms with van der Waals surface area (Å²) in [5.41, 5.74) is 0.866. The second-order valence-corrected chi connectivity index (χ2v) is 7.15. The molecule has 1 aromatic carbocycles. The van der Waals surface area contributed by atoms with E-state index in [-0.39, 0.29) is 16.8 Å². The highest BCUT2D eigenvalue weighted by Gasteiger charge is 2.17. The zero-order valence-corrected chi connectivity index (χ0v) is 13.7. The number of carbonyl (C=O) groups excluding carboxylic acids is 1. The average molecular weight is 313 g/mol. The predicted octanol–water partition coefficient (Wildman–Crippen LogP) is 0.724. The van der Waals surface area contributed by atoms with Crippen molar-refractivity contribution in [3.05, 3.63) is 29.8 Å². The van der Waals surface area contributed by atoms with Gasteiger partial charge in [0, 0.05) is 27.1 Å². The Morgan fingerprint density at radius 2 is 1.81 bits per heavy atom. The van der Waals surface area contributed by atoms with Gasteiger partial charge in [0.05, 0.1) is 10.9 Å². The van der Waals surface area contributed by atoms with Gasteiger partial charge in [0.25, 0.3) is 0 Å². The SMILES string of the molecule is CNCCC(=O)NC(C)c1ccc(S(=O)(=O)N(C)C)cc1. The highest BCUT2D eigenvalue weighted by atomic mass is 32.2. The number of rotatable bonds is 7. The second-order valence-electron chi connectivity index (χ2n) is 5.00. The maximum Gasteiger partial charge on any atom is 0.242 e. The molecule has 0 aliphatic rings. The quantitative estimate of drug-likeness (QED) is 0.777. The van der Waals surface area contributed by atoms with Crippen molar-refractivity contribution in [2.24, 2.45) is 0 Å². The summed E-state index contributed by atoms with van der Waals surface area (Å²) in [5, 5.41) is 5.79. The molecule has 0 saturated heterocycles. The Morgan fingerprint density at radius 1 is 1.24 bits per heavy atom. The van der Waals surface area contributed by atoms with Gasteiger partial charge in [-0.15, -0.1) is 0 Å². The molecule has 1 aromatic rings. The Morgan fingerprint density at radius 3 is 2.29 bits per heavy atom. The molecule has 0 radical (unpaired) electrons. The lowest BCUT2D eigenvalue weighted by Crippen LogP contribution is -2.29. The van der Waals surface area contributed by atoms with Crippen LogP contribution in [0.1, 0.15) is 24.9 Å². The van der Waals surface area contributed by atoms with Gasteiger partial charge in [-0.3, -0.25) is 4.79 Å². The molecule has 0 spiro atoms. The monoisotopic (exact) mass is 313 g/mol. The molecule has 0 saturated carbocycles. The Hall–Kier alpha value is -1.44. The first-order valence-electron chi connectivity index (χ1n) is 6.75. The molecule has 0 heterocycles. The first-order chi connectivity index (χ1) is 9.78. The molecular formula is C14H23N3O3S. The fourth-order valence-electron chi connectivity index (χ4n) is 1.77. The molecule has 2 N–H and O–H groups in total. The Balaban J connectivity index is 2.76.